The highest BCUT2D eigenvalue weighted by Gasteiger charge is 1.98. The monoisotopic (exact) mass is 168 g/mol. The molecule has 0 atom stereocenters. The molecule has 1 aromatic heterocycles. The Bertz CT molecular complexity index is 270. The van der Waals surface area contributed by atoms with Gasteiger partial charge in [0.1, 0.15) is 0 Å². The Morgan fingerprint density at radius 2 is 2.42 bits per heavy atom. The molecular weight excluding hydrogens is 160 g/mol. The molecule has 5 heteroatoms. The number of hydrogen-bond donors (Lipinski definition) is 2. The molecule has 3 N–H and O–H groups in total. The lowest BCUT2D eigenvalue weighted by Crippen LogP contribution is -2.16. The number of carbonyl (C=O) groups is 1. The van der Waals surface area contributed by atoms with Crippen LogP contribution in [0.4, 0.5) is 4.79 Å². The quantitative estimate of drug-likeness (QED) is 0.652. The molecule has 0 unspecified atom stereocenters. The Labute approximate surface area is 68.8 Å². The lowest BCUT2D eigenvalue weighted by atomic mass is 10.3. The largest absolute Gasteiger partial charge is 0.411 e. The number of amides is 1. The summed E-state index contributed by atoms with van der Waals surface area (Å²) >= 11 is 0. The summed E-state index contributed by atoms with van der Waals surface area (Å²) in [5.41, 5.74) is 5.39. The highest BCUT2D eigenvalue weighted by molar-refractivity contribution is 5.67. The summed E-state index contributed by atoms with van der Waals surface area (Å²) in [7, 11) is 0. The molecule has 0 radical (unpaired) electrons. The van der Waals surface area contributed by atoms with Gasteiger partial charge in [0.15, 0.2) is 0 Å². The van der Waals surface area contributed by atoms with Crippen molar-refractivity contribution in [1.29, 1.82) is 0 Å². The maximum absolute atomic E-state index is 10.2. The van der Waals surface area contributed by atoms with Crippen LogP contribution in [0, 0.1) is 0 Å². The van der Waals surface area contributed by atoms with Crippen LogP contribution in [0.2, 0.25) is 0 Å². The fraction of sp³-hybridized carbons (Fsp3) is 0.143. The predicted molar refractivity (Wildman–Crippen MR) is 40.4 cm³/mol. The topological polar surface area (TPSA) is 85.4 Å². The van der Waals surface area contributed by atoms with Gasteiger partial charge in [-0.15, -0.1) is 0 Å². The SMILES string of the molecule is NC(=O)Oc1ccc(CO)cn1. The minimum Gasteiger partial charge on any atom is -0.392 e. The minimum absolute atomic E-state index is 0.0934. The fourth-order valence-electron chi connectivity index (χ4n) is 0.668. The van der Waals surface area contributed by atoms with Crippen molar-refractivity contribution in [3.05, 3.63) is 23.9 Å². The van der Waals surface area contributed by atoms with Crippen LogP contribution in [-0.4, -0.2) is 16.2 Å². The van der Waals surface area contributed by atoms with Gasteiger partial charge < -0.3 is 15.6 Å². The molecule has 64 valence electrons. The van der Waals surface area contributed by atoms with Crippen LogP contribution < -0.4 is 10.5 Å². The molecule has 1 rings (SSSR count). The molecule has 0 fully saturated rings. The van der Waals surface area contributed by atoms with Crippen molar-refractivity contribution in [3.63, 3.8) is 0 Å². The van der Waals surface area contributed by atoms with E-state index in [2.05, 4.69) is 9.72 Å². The van der Waals surface area contributed by atoms with Crippen LogP contribution in [0.1, 0.15) is 5.56 Å². The summed E-state index contributed by atoms with van der Waals surface area (Å²) in [5, 5.41) is 8.64. The molecule has 0 aliphatic rings. The molecule has 12 heavy (non-hydrogen) atoms. The first-order chi connectivity index (χ1) is 5.72. The van der Waals surface area contributed by atoms with Gasteiger partial charge in [-0.25, -0.2) is 9.78 Å². The summed E-state index contributed by atoms with van der Waals surface area (Å²) in [6, 6.07) is 3.04. The van der Waals surface area contributed by atoms with E-state index >= 15 is 0 Å². The first-order valence-corrected chi connectivity index (χ1v) is 3.25. The molecule has 5 nitrogen and oxygen atoms in total. The van der Waals surface area contributed by atoms with Crippen LogP contribution in [0.25, 0.3) is 0 Å². The Hall–Kier alpha value is -1.62. The zero-order valence-corrected chi connectivity index (χ0v) is 6.23. The standard InChI is InChI=1S/C7H8N2O3/c8-7(11)12-6-2-1-5(4-10)3-9-6/h1-3,10H,4H2,(H2,8,11). The van der Waals surface area contributed by atoms with Crippen LogP contribution in [0.5, 0.6) is 5.88 Å². The maximum atomic E-state index is 10.2. The van der Waals surface area contributed by atoms with E-state index in [1.807, 2.05) is 0 Å². The summed E-state index contributed by atoms with van der Waals surface area (Å²) in [6.45, 7) is -0.0934. The van der Waals surface area contributed by atoms with E-state index in [9.17, 15) is 4.79 Å². The van der Waals surface area contributed by atoms with E-state index < -0.39 is 6.09 Å². The maximum Gasteiger partial charge on any atom is 0.411 e. The zero-order chi connectivity index (χ0) is 8.97. The van der Waals surface area contributed by atoms with Crippen molar-refractivity contribution in [2.75, 3.05) is 0 Å². The summed E-state index contributed by atoms with van der Waals surface area (Å²) in [5.74, 6) is 0.125. The Balaban J connectivity index is 2.71. The third-order valence-corrected chi connectivity index (χ3v) is 1.19. The third-order valence-electron chi connectivity index (χ3n) is 1.19. The second-order valence-electron chi connectivity index (χ2n) is 2.08. The molecule has 0 spiro atoms. The van der Waals surface area contributed by atoms with Gasteiger partial charge >= 0.3 is 6.09 Å². The molecule has 0 saturated heterocycles. The van der Waals surface area contributed by atoms with Crippen molar-refractivity contribution >= 4 is 6.09 Å². The smallest absolute Gasteiger partial charge is 0.392 e. The first-order valence-electron chi connectivity index (χ1n) is 3.25. The zero-order valence-electron chi connectivity index (χ0n) is 6.23. The van der Waals surface area contributed by atoms with E-state index in [0.717, 1.165) is 0 Å². The number of pyridine rings is 1. The summed E-state index contributed by atoms with van der Waals surface area (Å²) in [6.07, 6.45) is 0.498. The van der Waals surface area contributed by atoms with Crippen molar-refractivity contribution < 1.29 is 14.6 Å². The average molecular weight is 168 g/mol. The summed E-state index contributed by atoms with van der Waals surface area (Å²) < 4.78 is 4.46. The average Bonchev–Trinajstić information content (AvgIpc) is 2.05. The Morgan fingerprint density at radius 1 is 1.67 bits per heavy atom. The van der Waals surface area contributed by atoms with Crippen LogP contribution in [0.15, 0.2) is 18.3 Å². The van der Waals surface area contributed by atoms with E-state index in [4.69, 9.17) is 10.8 Å². The number of aliphatic hydroxyl groups is 1. The second kappa shape index (κ2) is 3.68. The van der Waals surface area contributed by atoms with Gasteiger partial charge in [0.05, 0.1) is 6.61 Å². The number of primary amides is 1. The minimum atomic E-state index is -0.903. The lowest BCUT2D eigenvalue weighted by Gasteiger charge is -1.99. The Morgan fingerprint density at radius 3 is 2.83 bits per heavy atom. The number of carbonyl (C=O) groups excluding carboxylic acids is 1. The van der Waals surface area contributed by atoms with Gasteiger partial charge in [0.2, 0.25) is 5.88 Å². The van der Waals surface area contributed by atoms with Gasteiger partial charge in [-0.05, 0) is 11.6 Å². The van der Waals surface area contributed by atoms with Crippen LogP contribution in [0.3, 0.4) is 0 Å². The molecule has 1 amide bonds. The number of nitrogens with zero attached hydrogens (tertiary/aromatic N) is 1. The fourth-order valence-corrected chi connectivity index (χ4v) is 0.668. The highest BCUT2D eigenvalue weighted by Crippen LogP contribution is 2.06. The number of nitrogens with two attached hydrogens (primary N) is 1. The lowest BCUT2D eigenvalue weighted by molar-refractivity contribution is 0.209. The first kappa shape index (κ1) is 8.48. The molecule has 0 aliphatic carbocycles. The number of aromatic nitrogens is 1. The molecule has 0 aromatic carbocycles. The highest BCUT2D eigenvalue weighted by atomic mass is 16.6. The summed E-state index contributed by atoms with van der Waals surface area (Å²) in [4.78, 5) is 13.9. The van der Waals surface area contributed by atoms with Gasteiger partial charge in [0.25, 0.3) is 0 Å². The Kier molecular flexibility index (Phi) is 2.60. The van der Waals surface area contributed by atoms with E-state index in [1.54, 1.807) is 6.07 Å². The molecule has 1 aromatic rings. The normalized spacial score (nSPS) is 9.42. The number of rotatable bonds is 2. The number of hydrogen-bond acceptors (Lipinski definition) is 4. The van der Waals surface area contributed by atoms with Gasteiger partial charge in [0, 0.05) is 12.3 Å². The van der Waals surface area contributed by atoms with Crippen molar-refractivity contribution in [3.8, 4) is 5.88 Å². The van der Waals surface area contributed by atoms with Crippen LogP contribution in [-0.2, 0) is 6.61 Å². The predicted octanol–water partition coefficient (Wildman–Crippen LogP) is 0.0314. The number of ether oxygens (including phenoxy) is 1. The molecular formula is C7H8N2O3. The van der Waals surface area contributed by atoms with E-state index in [1.165, 1.54) is 12.3 Å². The van der Waals surface area contributed by atoms with Crippen molar-refractivity contribution in [2.24, 2.45) is 5.73 Å². The van der Waals surface area contributed by atoms with Crippen molar-refractivity contribution in [2.45, 2.75) is 6.61 Å². The van der Waals surface area contributed by atoms with Crippen molar-refractivity contribution in [1.82, 2.24) is 4.98 Å². The van der Waals surface area contributed by atoms with Crippen LogP contribution >= 0.6 is 0 Å². The molecule has 0 bridgehead atoms. The van der Waals surface area contributed by atoms with Gasteiger partial charge in [-0.1, -0.05) is 0 Å². The van der Waals surface area contributed by atoms with E-state index in [-0.39, 0.29) is 12.5 Å². The van der Waals surface area contributed by atoms with E-state index in [0.29, 0.717) is 5.56 Å². The molecule has 0 saturated carbocycles. The molecule has 0 aliphatic heterocycles. The van der Waals surface area contributed by atoms with Gasteiger partial charge in [-0.2, -0.15) is 0 Å². The third kappa shape index (κ3) is 2.21. The molecule has 1 heterocycles. The second-order valence-corrected chi connectivity index (χ2v) is 2.08. The number of aliphatic hydroxyl groups excluding tert-OH is 1. The van der Waals surface area contributed by atoms with Gasteiger partial charge in [-0.3, -0.25) is 0 Å².